The minimum absolute atomic E-state index is 0.0590. The molecule has 40 heavy (non-hydrogen) atoms. The molecule has 0 aliphatic rings. The van der Waals surface area contributed by atoms with Crippen molar-refractivity contribution in [1.29, 1.82) is 0 Å². The molecule has 2 rings (SSSR count). The van der Waals surface area contributed by atoms with Crippen LogP contribution in [0, 0.1) is 22.9 Å². The summed E-state index contributed by atoms with van der Waals surface area (Å²) in [5.74, 6) is -3.76. The van der Waals surface area contributed by atoms with Gasteiger partial charge in [0.05, 0.1) is 23.0 Å². The third kappa shape index (κ3) is 8.38. The number of hydrogen-bond acceptors (Lipinski definition) is 9. The normalized spacial score (nSPS) is 13.4. The summed E-state index contributed by atoms with van der Waals surface area (Å²) in [6.07, 6.45) is -1.28. The number of nitro groups is 1. The van der Waals surface area contributed by atoms with Crippen molar-refractivity contribution in [2.45, 2.75) is 51.6 Å². The van der Waals surface area contributed by atoms with Crippen LogP contribution in [0.15, 0.2) is 30.3 Å². The first-order valence-corrected chi connectivity index (χ1v) is 14.5. The van der Waals surface area contributed by atoms with Crippen LogP contribution in [0.3, 0.4) is 0 Å². The van der Waals surface area contributed by atoms with Gasteiger partial charge >= 0.3 is 5.97 Å². The van der Waals surface area contributed by atoms with Gasteiger partial charge in [-0.1, -0.05) is 6.07 Å². The highest BCUT2D eigenvalue weighted by molar-refractivity contribution is 7.91. The van der Waals surface area contributed by atoms with Gasteiger partial charge in [0.1, 0.15) is 16.9 Å². The van der Waals surface area contributed by atoms with Crippen LogP contribution in [0.1, 0.15) is 49.5 Å². The minimum Gasteiger partial charge on any atom is -0.755 e. The van der Waals surface area contributed by atoms with Crippen molar-refractivity contribution in [2.24, 2.45) is 0 Å². The van der Waals surface area contributed by atoms with Gasteiger partial charge < -0.3 is 14.0 Å². The molecule has 2 aromatic rings. The Morgan fingerprint density at radius 3 is 2.40 bits per heavy atom. The van der Waals surface area contributed by atoms with Gasteiger partial charge in [0.25, 0.3) is 5.69 Å². The Balaban J connectivity index is 2.42. The van der Waals surface area contributed by atoms with Crippen molar-refractivity contribution in [3.05, 3.63) is 57.4 Å². The van der Waals surface area contributed by atoms with Crippen molar-refractivity contribution in [3.8, 4) is 11.5 Å². The van der Waals surface area contributed by atoms with E-state index < -0.39 is 103 Å². The molecule has 2 atom stereocenters. The van der Waals surface area contributed by atoms with Gasteiger partial charge in [0, 0.05) is 35.9 Å². The molecule has 0 aliphatic heterocycles. The number of hydrogen-bond donors (Lipinski definition) is 0. The molecular weight excluding hydrogens is 581 g/mol. The van der Waals surface area contributed by atoms with Crippen LogP contribution >= 0.6 is 0 Å². The van der Waals surface area contributed by atoms with Crippen molar-refractivity contribution < 1.29 is 49.5 Å². The van der Waals surface area contributed by atoms with Crippen LogP contribution in [-0.4, -0.2) is 58.1 Å². The molecule has 0 spiro atoms. The van der Waals surface area contributed by atoms with E-state index >= 15 is 4.39 Å². The first kappa shape index (κ1) is 33.0. The first-order valence-electron chi connectivity index (χ1n) is 11.8. The molecule has 2 unspecified atom stereocenters. The average molecular weight is 610 g/mol. The topological polar surface area (TPSA) is 156 Å². The van der Waals surface area contributed by atoms with Gasteiger partial charge in [-0.05, 0) is 52.3 Å². The number of rotatable bonds is 13. The molecular formula is C24H28F3N2O9S2-. The number of halogens is 3. The summed E-state index contributed by atoms with van der Waals surface area (Å²) in [6, 6.07) is 5.42. The zero-order chi connectivity index (χ0) is 30.4. The van der Waals surface area contributed by atoms with Crippen LogP contribution in [-0.2, 0) is 25.8 Å². The quantitative estimate of drug-likeness (QED) is 0.134. The molecule has 0 N–H and O–H groups in total. The molecule has 16 heteroatoms. The molecule has 0 aliphatic carbocycles. The number of carbonyl (C=O) groups is 1. The van der Waals surface area contributed by atoms with Gasteiger partial charge in [-0.25, -0.2) is 22.0 Å². The smallest absolute Gasteiger partial charge is 0.346 e. The third-order valence-electron chi connectivity index (χ3n) is 5.32. The van der Waals surface area contributed by atoms with E-state index in [1.807, 2.05) is 0 Å². The number of carbonyl (C=O) groups excluding carboxylic acids is 1. The van der Waals surface area contributed by atoms with Crippen molar-refractivity contribution in [1.82, 2.24) is 0 Å². The lowest BCUT2D eigenvalue weighted by Crippen LogP contribution is -2.31. The Kier molecular flexibility index (Phi) is 11.1. The monoisotopic (exact) mass is 609 g/mol. The number of alkyl halides is 2. The van der Waals surface area contributed by atoms with Crippen LogP contribution in [0.4, 0.5) is 24.5 Å². The fraction of sp³-hybridized carbons (Fsp3) is 0.458. The zero-order valence-corrected chi connectivity index (χ0v) is 23.7. The molecule has 0 radical (unpaired) electrons. The zero-order valence-electron chi connectivity index (χ0n) is 22.0. The SMILES string of the molecule is Cc1c(Oc2cccc(N(CCC(F)S(=O)(=O)CCCF)S(=O)[O-])c2F)ccc([N+](=O)[O-])c1C(=O)OC(C)(C)C. The maximum Gasteiger partial charge on any atom is 0.346 e. The van der Waals surface area contributed by atoms with Crippen molar-refractivity contribution in [3.63, 3.8) is 0 Å². The van der Waals surface area contributed by atoms with Gasteiger partial charge in [-0.2, -0.15) is 0 Å². The Morgan fingerprint density at radius 2 is 1.85 bits per heavy atom. The highest BCUT2D eigenvalue weighted by Gasteiger charge is 2.30. The highest BCUT2D eigenvalue weighted by atomic mass is 32.2. The van der Waals surface area contributed by atoms with Gasteiger partial charge in [0.2, 0.25) is 5.50 Å². The number of ether oxygens (including phenoxy) is 2. The maximum absolute atomic E-state index is 15.4. The Labute approximate surface area is 231 Å². The standard InChI is InChI=1S/C24H29F3N2O9S2/c1-15-18(10-9-16(29(31)32)21(15)23(30)38-24(2,3)4)37-19-8-5-7-17(22(19)27)28(39(33)34)13-11-20(26)40(35,36)14-6-12-25/h5,7-10,20H,6,11-14H2,1-4H3,(H,33,34)/p-1. The fourth-order valence-electron chi connectivity index (χ4n) is 3.47. The van der Waals surface area contributed by atoms with E-state index in [1.165, 1.54) is 13.0 Å². The van der Waals surface area contributed by atoms with Gasteiger partial charge in [0.15, 0.2) is 21.4 Å². The Bertz CT molecular complexity index is 1380. The average Bonchev–Trinajstić information content (AvgIpc) is 2.84. The molecule has 0 bridgehead atoms. The molecule has 0 heterocycles. The fourth-order valence-corrected chi connectivity index (χ4v) is 5.26. The second kappa shape index (κ2) is 13.4. The number of nitro benzene ring substituents is 1. The second-order valence-corrected chi connectivity index (χ2v) is 12.6. The highest BCUT2D eigenvalue weighted by Crippen LogP contribution is 2.37. The van der Waals surface area contributed by atoms with Crippen LogP contribution < -0.4 is 9.04 Å². The summed E-state index contributed by atoms with van der Waals surface area (Å²) in [7, 11) is -4.36. The summed E-state index contributed by atoms with van der Waals surface area (Å²) in [5, 5.41) is 11.5. The number of anilines is 1. The molecule has 0 amide bonds. The second-order valence-electron chi connectivity index (χ2n) is 9.46. The largest absolute Gasteiger partial charge is 0.755 e. The van der Waals surface area contributed by atoms with Crippen LogP contribution in [0.5, 0.6) is 11.5 Å². The van der Waals surface area contributed by atoms with E-state index in [2.05, 4.69) is 0 Å². The molecule has 2 aromatic carbocycles. The molecule has 0 fully saturated rings. The van der Waals surface area contributed by atoms with E-state index in [-0.39, 0.29) is 11.3 Å². The lowest BCUT2D eigenvalue weighted by molar-refractivity contribution is -0.385. The molecule has 0 aromatic heterocycles. The predicted octanol–water partition coefficient (Wildman–Crippen LogP) is 4.85. The maximum atomic E-state index is 15.4. The van der Waals surface area contributed by atoms with E-state index in [0.717, 1.165) is 24.3 Å². The molecule has 0 saturated heterocycles. The Hall–Kier alpha value is -3.24. The number of benzene rings is 2. The van der Waals surface area contributed by atoms with E-state index in [4.69, 9.17) is 9.47 Å². The number of esters is 1. The lowest BCUT2D eigenvalue weighted by Gasteiger charge is -2.27. The summed E-state index contributed by atoms with van der Waals surface area (Å²) in [6.45, 7) is 4.24. The van der Waals surface area contributed by atoms with Gasteiger partial charge in [-0.3, -0.25) is 23.0 Å². The molecule has 0 saturated carbocycles. The van der Waals surface area contributed by atoms with E-state index in [9.17, 15) is 40.9 Å². The summed E-state index contributed by atoms with van der Waals surface area (Å²) in [5.41, 5.74) is -5.18. The predicted molar refractivity (Wildman–Crippen MR) is 140 cm³/mol. The lowest BCUT2D eigenvalue weighted by atomic mass is 10.0. The van der Waals surface area contributed by atoms with Crippen molar-refractivity contribution in [2.75, 3.05) is 23.3 Å². The number of sulfone groups is 1. The third-order valence-corrected chi connectivity index (χ3v) is 7.93. The van der Waals surface area contributed by atoms with Crippen LogP contribution in [0.2, 0.25) is 0 Å². The number of nitrogens with zero attached hydrogens (tertiary/aromatic N) is 2. The van der Waals surface area contributed by atoms with E-state index in [1.54, 1.807) is 20.8 Å². The first-order chi connectivity index (χ1) is 18.5. The summed E-state index contributed by atoms with van der Waals surface area (Å²) < 4.78 is 101. The Morgan fingerprint density at radius 1 is 1.20 bits per heavy atom. The van der Waals surface area contributed by atoms with Crippen LogP contribution in [0.25, 0.3) is 0 Å². The van der Waals surface area contributed by atoms with Crippen molar-refractivity contribution >= 4 is 38.4 Å². The molecule has 222 valence electrons. The summed E-state index contributed by atoms with van der Waals surface area (Å²) in [4.78, 5) is 23.5. The summed E-state index contributed by atoms with van der Waals surface area (Å²) >= 11 is -3.17. The molecule has 11 nitrogen and oxygen atoms in total. The van der Waals surface area contributed by atoms with E-state index in [0.29, 0.717) is 4.31 Å². The van der Waals surface area contributed by atoms with Gasteiger partial charge in [-0.15, -0.1) is 0 Å². The minimum atomic E-state index is -4.36.